The van der Waals surface area contributed by atoms with Gasteiger partial charge in [-0.1, -0.05) is 54.1 Å². The fourth-order valence-electron chi connectivity index (χ4n) is 2.48. The molecule has 2 N–H and O–H groups in total. The van der Waals surface area contributed by atoms with Gasteiger partial charge in [-0.15, -0.1) is 11.3 Å². The van der Waals surface area contributed by atoms with Gasteiger partial charge < -0.3 is 5.32 Å². The molecule has 0 saturated carbocycles. The van der Waals surface area contributed by atoms with Gasteiger partial charge in [-0.3, -0.25) is 14.9 Å². The van der Waals surface area contributed by atoms with Gasteiger partial charge in [0.2, 0.25) is 11.8 Å². The molecule has 0 bridgehead atoms. The van der Waals surface area contributed by atoms with E-state index in [1.54, 1.807) is 6.08 Å². The van der Waals surface area contributed by atoms with Crippen molar-refractivity contribution in [2.45, 2.75) is 20.4 Å². The quantitative estimate of drug-likeness (QED) is 0.612. The van der Waals surface area contributed by atoms with Crippen molar-refractivity contribution in [1.82, 2.24) is 10.3 Å². The van der Waals surface area contributed by atoms with Crippen LogP contribution in [-0.2, 0) is 16.1 Å². The first kappa shape index (κ1) is 19.5. The smallest absolute Gasteiger partial charge is 0.250 e. The first-order valence-electron chi connectivity index (χ1n) is 8.84. The Morgan fingerprint density at radius 3 is 2.46 bits per heavy atom. The van der Waals surface area contributed by atoms with Crippen molar-refractivity contribution in [3.8, 4) is 11.3 Å². The lowest BCUT2D eigenvalue weighted by Crippen LogP contribution is -2.18. The highest BCUT2D eigenvalue weighted by atomic mass is 32.1. The Labute approximate surface area is 168 Å². The summed E-state index contributed by atoms with van der Waals surface area (Å²) in [6, 6.07) is 15.8. The first-order chi connectivity index (χ1) is 13.5. The van der Waals surface area contributed by atoms with Gasteiger partial charge in [0.25, 0.3) is 0 Å². The number of hydrogen-bond acceptors (Lipinski definition) is 4. The Balaban J connectivity index is 1.59. The average Bonchev–Trinajstić information content (AvgIpc) is 3.14. The van der Waals surface area contributed by atoms with E-state index in [4.69, 9.17) is 0 Å². The van der Waals surface area contributed by atoms with E-state index in [0.29, 0.717) is 11.7 Å². The van der Waals surface area contributed by atoms with E-state index in [1.807, 2.05) is 60.8 Å². The van der Waals surface area contributed by atoms with Crippen molar-refractivity contribution in [1.29, 1.82) is 0 Å². The maximum Gasteiger partial charge on any atom is 0.250 e. The molecule has 2 amide bonds. The lowest BCUT2D eigenvalue weighted by molar-refractivity contribution is -0.119. The molecule has 2 aromatic carbocycles. The molecular weight excluding hydrogens is 370 g/mol. The van der Waals surface area contributed by atoms with Gasteiger partial charge in [0, 0.05) is 30.5 Å². The van der Waals surface area contributed by atoms with E-state index >= 15 is 0 Å². The number of rotatable bonds is 6. The summed E-state index contributed by atoms with van der Waals surface area (Å²) in [7, 11) is 0. The van der Waals surface area contributed by atoms with Gasteiger partial charge >= 0.3 is 0 Å². The van der Waals surface area contributed by atoms with E-state index < -0.39 is 0 Å². The van der Waals surface area contributed by atoms with E-state index in [9.17, 15) is 9.59 Å². The number of carbonyl (C=O) groups excluding carboxylic acids is 2. The summed E-state index contributed by atoms with van der Waals surface area (Å²) in [5, 5.41) is 8.02. The Morgan fingerprint density at radius 2 is 1.79 bits per heavy atom. The van der Waals surface area contributed by atoms with Crippen LogP contribution in [0.2, 0.25) is 0 Å². The second-order valence-electron chi connectivity index (χ2n) is 6.38. The number of benzene rings is 2. The summed E-state index contributed by atoms with van der Waals surface area (Å²) in [5.41, 5.74) is 4.93. The molecule has 3 aromatic rings. The lowest BCUT2D eigenvalue weighted by Gasteiger charge is -2.03. The maximum atomic E-state index is 12.1. The molecule has 28 heavy (non-hydrogen) atoms. The summed E-state index contributed by atoms with van der Waals surface area (Å²) in [5.74, 6) is -0.271. The van der Waals surface area contributed by atoms with Crippen LogP contribution in [0.5, 0.6) is 0 Å². The number of nitrogens with one attached hydrogen (secondary N) is 2. The third kappa shape index (κ3) is 5.62. The van der Waals surface area contributed by atoms with E-state index in [1.165, 1.54) is 29.9 Å². The number of hydrogen-bond donors (Lipinski definition) is 2. The molecule has 6 heteroatoms. The van der Waals surface area contributed by atoms with Crippen molar-refractivity contribution in [2.75, 3.05) is 5.32 Å². The van der Waals surface area contributed by atoms with Crippen LogP contribution in [0.3, 0.4) is 0 Å². The minimum Gasteiger partial charge on any atom is -0.352 e. The number of anilines is 1. The summed E-state index contributed by atoms with van der Waals surface area (Å²) in [4.78, 5) is 27.6. The number of nitrogens with zero attached hydrogens (tertiary/aromatic N) is 1. The van der Waals surface area contributed by atoms with E-state index in [-0.39, 0.29) is 11.8 Å². The van der Waals surface area contributed by atoms with Crippen molar-refractivity contribution < 1.29 is 9.59 Å². The molecule has 1 heterocycles. The van der Waals surface area contributed by atoms with Crippen molar-refractivity contribution >= 4 is 34.4 Å². The molecule has 5 nitrogen and oxygen atoms in total. The Hall–Kier alpha value is -3.25. The van der Waals surface area contributed by atoms with Crippen LogP contribution in [-0.4, -0.2) is 16.8 Å². The number of amides is 2. The monoisotopic (exact) mass is 391 g/mol. The molecule has 0 aliphatic carbocycles. The van der Waals surface area contributed by atoms with Crippen molar-refractivity contribution in [2.24, 2.45) is 0 Å². The Kier molecular flexibility index (Phi) is 6.34. The third-order valence-corrected chi connectivity index (χ3v) is 4.79. The van der Waals surface area contributed by atoms with Crippen molar-refractivity contribution in [3.05, 3.63) is 76.7 Å². The van der Waals surface area contributed by atoms with Gasteiger partial charge in [-0.25, -0.2) is 4.98 Å². The molecule has 0 fully saturated rings. The molecule has 0 aliphatic rings. The number of carbonyl (C=O) groups is 2. The molecule has 0 aliphatic heterocycles. The molecule has 142 valence electrons. The van der Waals surface area contributed by atoms with Gasteiger partial charge in [0.15, 0.2) is 5.13 Å². The van der Waals surface area contributed by atoms with E-state index in [0.717, 1.165) is 22.4 Å². The van der Waals surface area contributed by atoms with Crippen LogP contribution in [0.4, 0.5) is 5.13 Å². The highest BCUT2D eigenvalue weighted by Crippen LogP contribution is 2.25. The standard InChI is InChI=1S/C22H21N3O2S/c1-15-3-5-17(6-4-15)9-12-21(27)25-22-24-20(14-28-22)19-10-7-18(8-11-19)13-23-16(2)26/h3-12,14H,13H2,1-2H3,(H,23,26)(H,24,25,27)/b12-9+. The summed E-state index contributed by atoms with van der Waals surface area (Å²) < 4.78 is 0. The summed E-state index contributed by atoms with van der Waals surface area (Å²) >= 11 is 1.38. The van der Waals surface area contributed by atoms with Crippen LogP contribution in [0.25, 0.3) is 17.3 Å². The number of aromatic nitrogens is 1. The fourth-order valence-corrected chi connectivity index (χ4v) is 3.20. The topological polar surface area (TPSA) is 71.1 Å². The molecule has 0 atom stereocenters. The van der Waals surface area contributed by atoms with Crippen LogP contribution < -0.4 is 10.6 Å². The molecule has 0 saturated heterocycles. The van der Waals surface area contributed by atoms with Crippen molar-refractivity contribution in [3.63, 3.8) is 0 Å². The second kappa shape index (κ2) is 9.10. The summed E-state index contributed by atoms with van der Waals surface area (Å²) in [6.45, 7) is 4.02. The Bertz CT molecular complexity index is 989. The zero-order valence-corrected chi connectivity index (χ0v) is 16.5. The predicted octanol–water partition coefficient (Wildman–Crippen LogP) is 4.41. The average molecular weight is 391 g/mol. The van der Waals surface area contributed by atoms with Gasteiger partial charge in [0.05, 0.1) is 5.69 Å². The predicted molar refractivity (Wildman–Crippen MR) is 114 cm³/mol. The van der Waals surface area contributed by atoms with Gasteiger partial charge in [-0.2, -0.15) is 0 Å². The lowest BCUT2D eigenvalue weighted by atomic mass is 10.1. The zero-order chi connectivity index (χ0) is 19.9. The Morgan fingerprint density at radius 1 is 1.07 bits per heavy atom. The van der Waals surface area contributed by atoms with Crippen LogP contribution in [0.15, 0.2) is 60.0 Å². The molecule has 0 spiro atoms. The minimum atomic E-state index is -0.216. The highest BCUT2D eigenvalue weighted by Gasteiger charge is 2.07. The normalized spacial score (nSPS) is 10.8. The van der Waals surface area contributed by atoms with Gasteiger partial charge in [0.1, 0.15) is 0 Å². The maximum absolute atomic E-state index is 12.1. The molecule has 0 unspecified atom stereocenters. The third-order valence-electron chi connectivity index (χ3n) is 4.03. The highest BCUT2D eigenvalue weighted by molar-refractivity contribution is 7.14. The first-order valence-corrected chi connectivity index (χ1v) is 9.72. The second-order valence-corrected chi connectivity index (χ2v) is 7.24. The van der Waals surface area contributed by atoms with Crippen LogP contribution >= 0.6 is 11.3 Å². The molecule has 1 aromatic heterocycles. The fraction of sp³-hybridized carbons (Fsp3) is 0.136. The number of thiazole rings is 1. The molecule has 0 radical (unpaired) electrons. The zero-order valence-electron chi connectivity index (χ0n) is 15.7. The number of aryl methyl sites for hydroxylation is 1. The molecule has 3 rings (SSSR count). The molecular formula is C22H21N3O2S. The van der Waals surface area contributed by atoms with E-state index in [2.05, 4.69) is 15.6 Å². The summed E-state index contributed by atoms with van der Waals surface area (Å²) in [6.07, 6.45) is 3.28. The largest absolute Gasteiger partial charge is 0.352 e. The minimum absolute atomic E-state index is 0.0552. The SMILES string of the molecule is CC(=O)NCc1ccc(-c2csc(NC(=O)/C=C/c3ccc(C)cc3)n2)cc1. The van der Waals surface area contributed by atoms with Crippen LogP contribution in [0.1, 0.15) is 23.6 Å². The van der Waals surface area contributed by atoms with Gasteiger partial charge in [-0.05, 0) is 24.1 Å². The van der Waals surface area contributed by atoms with Crippen LogP contribution in [0, 0.1) is 6.92 Å².